The molecule has 2 aromatic rings. The number of nitro groups is 1. The van der Waals surface area contributed by atoms with Crippen molar-refractivity contribution in [3.8, 4) is 0 Å². The Morgan fingerprint density at radius 2 is 1.57 bits per heavy atom. The minimum Gasteiger partial charge on any atom is -0.480 e. The highest BCUT2D eigenvalue weighted by Gasteiger charge is 2.42. The van der Waals surface area contributed by atoms with Crippen molar-refractivity contribution in [3.05, 3.63) is 57.6 Å². The van der Waals surface area contributed by atoms with Gasteiger partial charge in [-0.2, -0.15) is 26.3 Å². The lowest BCUT2D eigenvalue weighted by molar-refractivity contribution is -0.384. The normalized spacial score (nSPS) is 18.9. The zero-order chi connectivity index (χ0) is 27.1. The maximum atomic E-state index is 13.9. The number of nitrogens with zero attached hydrogens (tertiary/aromatic N) is 4. The van der Waals surface area contributed by atoms with Gasteiger partial charge in [0.25, 0.3) is 5.69 Å². The molecule has 37 heavy (non-hydrogen) atoms. The smallest absolute Gasteiger partial charge is 0.418 e. The molecule has 2 fully saturated rings. The Hall–Kier alpha value is -3.71. The first-order chi connectivity index (χ1) is 17.3. The minimum atomic E-state index is -4.97. The first-order valence-corrected chi connectivity index (χ1v) is 11.3. The van der Waals surface area contributed by atoms with Gasteiger partial charge in [-0.05, 0) is 37.1 Å². The molecule has 0 aromatic heterocycles. The van der Waals surface area contributed by atoms with Gasteiger partial charge in [-0.15, -0.1) is 0 Å². The maximum absolute atomic E-state index is 13.9. The standard InChI is InChI=1S/C23H22F6N4O4/c24-22(25,26)14-3-1-4-15(11-14)30-7-9-31(10-8-30)19-13-18(32-6-2-5-17(32)21(34)35)16(23(27,28)29)12-20(19)33(36)37/h1,3-4,11-13,17H,2,5-10H2,(H,34,35). The molecule has 14 heteroatoms. The van der Waals surface area contributed by atoms with Crippen LogP contribution in [0.3, 0.4) is 0 Å². The number of anilines is 3. The fourth-order valence-electron chi connectivity index (χ4n) is 4.83. The number of piperazine rings is 1. The van der Waals surface area contributed by atoms with Gasteiger partial charge in [0, 0.05) is 44.5 Å². The second-order valence-electron chi connectivity index (χ2n) is 8.82. The molecule has 1 unspecified atom stereocenters. The summed E-state index contributed by atoms with van der Waals surface area (Å²) < 4.78 is 81.0. The van der Waals surface area contributed by atoms with E-state index in [1.807, 2.05) is 0 Å². The molecule has 0 amide bonds. The lowest BCUT2D eigenvalue weighted by atomic mass is 10.1. The number of hydrogen-bond donors (Lipinski definition) is 1. The van der Waals surface area contributed by atoms with Crippen molar-refractivity contribution in [2.75, 3.05) is 47.4 Å². The number of benzene rings is 2. The van der Waals surface area contributed by atoms with Crippen LogP contribution in [0.2, 0.25) is 0 Å². The Morgan fingerprint density at radius 3 is 2.14 bits per heavy atom. The topological polar surface area (TPSA) is 90.2 Å². The second-order valence-corrected chi connectivity index (χ2v) is 8.82. The van der Waals surface area contributed by atoms with Gasteiger partial charge in [0.05, 0.1) is 21.7 Å². The van der Waals surface area contributed by atoms with Gasteiger partial charge in [0.2, 0.25) is 0 Å². The highest BCUT2D eigenvalue weighted by Crippen LogP contribution is 2.45. The van der Waals surface area contributed by atoms with Crippen LogP contribution in [0.5, 0.6) is 0 Å². The number of aliphatic carboxylic acids is 1. The molecule has 4 rings (SSSR count). The molecule has 2 saturated heterocycles. The summed E-state index contributed by atoms with van der Waals surface area (Å²) in [6.45, 7) is 0.543. The molecule has 200 valence electrons. The zero-order valence-electron chi connectivity index (χ0n) is 19.2. The van der Waals surface area contributed by atoms with Gasteiger partial charge >= 0.3 is 18.3 Å². The van der Waals surface area contributed by atoms with Crippen LogP contribution in [-0.2, 0) is 17.1 Å². The van der Waals surface area contributed by atoms with Crippen LogP contribution in [0.1, 0.15) is 24.0 Å². The molecule has 0 saturated carbocycles. The van der Waals surface area contributed by atoms with Gasteiger partial charge in [-0.25, -0.2) is 4.79 Å². The van der Waals surface area contributed by atoms with E-state index < -0.39 is 51.8 Å². The number of carboxylic acid groups (broad SMARTS) is 1. The Balaban J connectivity index is 1.67. The number of nitro benzene ring substituents is 1. The molecule has 1 atom stereocenters. The van der Waals surface area contributed by atoms with E-state index >= 15 is 0 Å². The van der Waals surface area contributed by atoms with Crippen molar-refractivity contribution in [2.24, 2.45) is 0 Å². The van der Waals surface area contributed by atoms with E-state index in [0.717, 1.165) is 23.1 Å². The van der Waals surface area contributed by atoms with Crippen molar-refractivity contribution in [3.63, 3.8) is 0 Å². The SMILES string of the molecule is O=C(O)C1CCCN1c1cc(N2CCN(c3cccc(C(F)(F)F)c3)CC2)c([N+](=O)[O-])cc1C(F)(F)F. The third-order valence-electron chi connectivity index (χ3n) is 6.60. The highest BCUT2D eigenvalue weighted by molar-refractivity contribution is 5.82. The van der Waals surface area contributed by atoms with Gasteiger partial charge in [0.1, 0.15) is 11.7 Å². The van der Waals surface area contributed by atoms with Crippen molar-refractivity contribution in [1.82, 2.24) is 0 Å². The third kappa shape index (κ3) is 5.37. The Kier molecular flexibility index (Phi) is 6.86. The van der Waals surface area contributed by atoms with Gasteiger partial charge in [-0.3, -0.25) is 10.1 Å². The second kappa shape index (κ2) is 9.63. The summed E-state index contributed by atoms with van der Waals surface area (Å²) in [5.41, 5.74) is -3.15. The molecule has 2 heterocycles. The summed E-state index contributed by atoms with van der Waals surface area (Å²) in [4.78, 5) is 26.7. The maximum Gasteiger partial charge on any atom is 0.418 e. The molecule has 0 aliphatic carbocycles. The summed E-state index contributed by atoms with van der Waals surface area (Å²) in [7, 11) is 0. The van der Waals surface area contributed by atoms with Crippen LogP contribution >= 0.6 is 0 Å². The number of rotatable bonds is 5. The number of alkyl halides is 6. The molecule has 2 aliphatic heterocycles. The summed E-state index contributed by atoms with van der Waals surface area (Å²) in [6, 6.07) is 4.95. The average molecular weight is 532 g/mol. The lowest BCUT2D eigenvalue weighted by Crippen LogP contribution is -2.47. The third-order valence-corrected chi connectivity index (χ3v) is 6.60. The molecule has 0 spiro atoms. The fourth-order valence-corrected chi connectivity index (χ4v) is 4.83. The minimum absolute atomic E-state index is 0.0423. The van der Waals surface area contributed by atoms with Crippen LogP contribution in [0.4, 0.5) is 49.1 Å². The number of carbonyl (C=O) groups is 1. The van der Waals surface area contributed by atoms with E-state index in [1.54, 1.807) is 4.90 Å². The number of carboxylic acids is 1. The van der Waals surface area contributed by atoms with E-state index in [2.05, 4.69) is 0 Å². The predicted molar refractivity (Wildman–Crippen MR) is 122 cm³/mol. The highest BCUT2D eigenvalue weighted by atomic mass is 19.4. The summed E-state index contributed by atoms with van der Waals surface area (Å²) in [5, 5.41) is 21.2. The van der Waals surface area contributed by atoms with Crippen molar-refractivity contribution in [2.45, 2.75) is 31.2 Å². The first kappa shape index (κ1) is 26.4. The molecule has 2 aliphatic rings. The van der Waals surface area contributed by atoms with Crippen LogP contribution in [-0.4, -0.2) is 54.8 Å². The van der Waals surface area contributed by atoms with Crippen LogP contribution in [0.25, 0.3) is 0 Å². The summed E-state index contributed by atoms with van der Waals surface area (Å²) in [6.07, 6.45) is -9.02. The van der Waals surface area contributed by atoms with Gasteiger partial charge < -0.3 is 19.8 Å². The number of hydrogen-bond acceptors (Lipinski definition) is 6. The molecule has 2 aromatic carbocycles. The quantitative estimate of drug-likeness (QED) is 0.329. The molecule has 8 nitrogen and oxygen atoms in total. The number of halogens is 6. The van der Waals surface area contributed by atoms with Gasteiger partial charge in [0.15, 0.2) is 0 Å². The van der Waals surface area contributed by atoms with E-state index in [0.29, 0.717) is 18.2 Å². The van der Waals surface area contributed by atoms with Gasteiger partial charge in [-0.1, -0.05) is 6.07 Å². The lowest BCUT2D eigenvalue weighted by Gasteiger charge is -2.38. The Bertz CT molecular complexity index is 1190. The van der Waals surface area contributed by atoms with Crippen molar-refractivity contribution in [1.29, 1.82) is 0 Å². The van der Waals surface area contributed by atoms with E-state index in [9.17, 15) is 46.4 Å². The van der Waals surface area contributed by atoms with Crippen molar-refractivity contribution >= 4 is 28.7 Å². The summed E-state index contributed by atoms with van der Waals surface area (Å²) in [5.74, 6) is -1.29. The van der Waals surface area contributed by atoms with Crippen LogP contribution in [0.15, 0.2) is 36.4 Å². The average Bonchev–Trinajstić information content (AvgIpc) is 3.33. The Morgan fingerprint density at radius 1 is 0.919 bits per heavy atom. The monoisotopic (exact) mass is 532 g/mol. The molecule has 0 radical (unpaired) electrons. The van der Waals surface area contributed by atoms with Crippen molar-refractivity contribution < 1.29 is 41.2 Å². The summed E-state index contributed by atoms with van der Waals surface area (Å²) >= 11 is 0. The Labute approximate surface area is 206 Å². The predicted octanol–water partition coefficient (Wildman–Crippen LogP) is 5.01. The molecular weight excluding hydrogens is 510 g/mol. The van der Waals surface area contributed by atoms with E-state index in [4.69, 9.17) is 0 Å². The van der Waals surface area contributed by atoms with E-state index in [-0.39, 0.29) is 44.8 Å². The van der Waals surface area contributed by atoms with Crippen LogP contribution in [0, 0.1) is 10.1 Å². The zero-order valence-corrected chi connectivity index (χ0v) is 19.2. The molecule has 1 N–H and O–H groups in total. The van der Waals surface area contributed by atoms with Crippen LogP contribution < -0.4 is 14.7 Å². The first-order valence-electron chi connectivity index (χ1n) is 11.3. The molecule has 0 bridgehead atoms. The van der Waals surface area contributed by atoms with E-state index in [1.165, 1.54) is 17.0 Å². The molecular formula is C23H22F6N4O4. The largest absolute Gasteiger partial charge is 0.480 e. The fraction of sp³-hybridized carbons (Fsp3) is 0.435.